The predicted octanol–water partition coefficient (Wildman–Crippen LogP) is 0.692. The second kappa shape index (κ2) is 5.45. The van der Waals surface area contributed by atoms with Crippen molar-refractivity contribution in [1.29, 1.82) is 0 Å². The SMILES string of the molecule is CC(C)N1CCC(N2CC(N3C(=O)CCC3=O)C2)CC1. The molecular formula is C15H25N3O2. The van der Waals surface area contributed by atoms with E-state index in [1.807, 2.05) is 0 Å². The number of rotatable bonds is 3. The van der Waals surface area contributed by atoms with Crippen LogP contribution in [0.2, 0.25) is 0 Å². The average Bonchev–Trinajstić information content (AvgIpc) is 2.70. The highest BCUT2D eigenvalue weighted by Crippen LogP contribution is 2.27. The van der Waals surface area contributed by atoms with Gasteiger partial charge in [0.1, 0.15) is 0 Å². The lowest BCUT2D eigenvalue weighted by Gasteiger charge is -2.49. The van der Waals surface area contributed by atoms with Gasteiger partial charge in [0.2, 0.25) is 11.8 Å². The number of likely N-dealkylation sites (tertiary alicyclic amines) is 3. The zero-order valence-corrected chi connectivity index (χ0v) is 12.5. The molecule has 0 aromatic carbocycles. The van der Waals surface area contributed by atoms with Crippen molar-refractivity contribution in [3.05, 3.63) is 0 Å². The summed E-state index contributed by atoms with van der Waals surface area (Å²) >= 11 is 0. The summed E-state index contributed by atoms with van der Waals surface area (Å²) in [5.41, 5.74) is 0. The Morgan fingerprint density at radius 1 is 0.950 bits per heavy atom. The molecule has 0 N–H and O–H groups in total. The normalized spacial score (nSPS) is 27.6. The summed E-state index contributed by atoms with van der Waals surface area (Å²) in [6.45, 7) is 8.64. The number of hydrogen-bond donors (Lipinski definition) is 0. The molecule has 0 saturated carbocycles. The summed E-state index contributed by atoms with van der Waals surface area (Å²) in [4.78, 5) is 29.9. The fourth-order valence-corrected chi connectivity index (χ4v) is 3.72. The Hall–Kier alpha value is -0.940. The number of carbonyl (C=O) groups excluding carboxylic acids is 2. The zero-order valence-electron chi connectivity index (χ0n) is 12.5. The van der Waals surface area contributed by atoms with E-state index in [4.69, 9.17) is 0 Å². The van der Waals surface area contributed by atoms with Crippen LogP contribution in [-0.4, -0.2) is 70.8 Å². The molecule has 3 heterocycles. The van der Waals surface area contributed by atoms with E-state index in [9.17, 15) is 9.59 Å². The lowest BCUT2D eigenvalue weighted by molar-refractivity contribution is -0.146. The van der Waals surface area contributed by atoms with Gasteiger partial charge in [-0.2, -0.15) is 0 Å². The molecule has 0 spiro atoms. The van der Waals surface area contributed by atoms with Crippen LogP contribution in [0, 0.1) is 0 Å². The fraction of sp³-hybridized carbons (Fsp3) is 0.867. The van der Waals surface area contributed by atoms with Crippen LogP contribution in [0.15, 0.2) is 0 Å². The van der Waals surface area contributed by atoms with E-state index in [0.717, 1.165) is 13.1 Å². The molecule has 3 fully saturated rings. The fourth-order valence-electron chi connectivity index (χ4n) is 3.72. The van der Waals surface area contributed by atoms with Crippen LogP contribution in [-0.2, 0) is 9.59 Å². The number of hydrogen-bond acceptors (Lipinski definition) is 4. The van der Waals surface area contributed by atoms with Crippen LogP contribution in [0.5, 0.6) is 0 Å². The Morgan fingerprint density at radius 3 is 2.00 bits per heavy atom. The van der Waals surface area contributed by atoms with Gasteiger partial charge in [0.05, 0.1) is 6.04 Å². The van der Waals surface area contributed by atoms with Gasteiger partial charge in [-0.15, -0.1) is 0 Å². The van der Waals surface area contributed by atoms with Gasteiger partial charge in [-0.25, -0.2) is 0 Å². The molecule has 20 heavy (non-hydrogen) atoms. The predicted molar refractivity (Wildman–Crippen MR) is 76.2 cm³/mol. The van der Waals surface area contributed by atoms with Crippen molar-refractivity contribution >= 4 is 11.8 Å². The lowest BCUT2D eigenvalue weighted by Crippen LogP contribution is -2.64. The van der Waals surface area contributed by atoms with Crippen LogP contribution in [0.25, 0.3) is 0 Å². The second-order valence-electron chi connectivity index (χ2n) is 6.63. The third-order valence-corrected chi connectivity index (χ3v) is 5.09. The Kier molecular flexibility index (Phi) is 3.82. The minimum absolute atomic E-state index is 0.0364. The van der Waals surface area contributed by atoms with Gasteiger partial charge in [-0.05, 0) is 39.8 Å². The number of piperidine rings is 1. The minimum Gasteiger partial charge on any atom is -0.301 e. The smallest absolute Gasteiger partial charge is 0.230 e. The lowest BCUT2D eigenvalue weighted by atomic mass is 9.96. The molecule has 112 valence electrons. The largest absolute Gasteiger partial charge is 0.301 e. The third-order valence-electron chi connectivity index (χ3n) is 5.09. The van der Waals surface area contributed by atoms with E-state index in [-0.39, 0.29) is 17.9 Å². The van der Waals surface area contributed by atoms with Crippen LogP contribution in [0.3, 0.4) is 0 Å². The molecular weight excluding hydrogens is 254 g/mol. The van der Waals surface area contributed by atoms with E-state index in [0.29, 0.717) is 24.9 Å². The summed E-state index contributed by atoms with van der Waals surface area (Å²) in [5, 5.41) is 0. The summed E-state index contributed by atoms with van der Waals surface area (Å²) in [7, 11) is 0. The molecule has 0 bridgehead atoms. The van der Waals surface area contributed by atoms with Gasteiger partial charge in [0.15, 0.2) is 0 Å². The molecule has 3 aliphatic heterocycles. The van der Waals surface area contributed by atoms with E-state index >= 15 is 0 Å². The van der Waals surface area contributed by atoms with E-state index in [2.05, 4.69) is 23.6 Å². The number of amides is 2. The molecule has 0 aliphatic carbocycles. The Morgan fingerprint density at radius 2 is 1.50 bits per heavy atom. The monoisotopic (exact) mass is 279 g/mol. The van der Waals surface area contributed by atoms with Gasteiger partial charge in [0.25, 0.3) is 0 Å². The first-order chi connectivity index (χ1) is 9.56. The average molecular weight is 279 g/mol. The van der Waals surface area contributed by atoms with Crippen LogP contribution < -0.4 is 0 Å². The first kappa shape index (κ1) is 14.0. The minimum atomic E-state index is 0.0364. The third kappa shape index (κ3) is 2.49. The van der Waals surface area contributed by atoms with E-state index in [1.54, 1.807) is 0 Å². The molecule has 0 radical (unpaired) electrons. The Balaban J connectivity index is 1.47. The molecule has 3 rings (SSSR count). The van der Waals surface area contributed by atoms with Gasteiger partial charge in [-0.1, -0.05) is 0 Å². The van der Waals surface area contributed by atoms with E-state index in [1.165, 1.54) is 30.8 Å². The van der Waals surface area contributed by atoms with Gasteiger partial charge in [-0.3, -0.25) is 19.4 Å². The van der Waals surface area contributed by atoms with Crippen molar-refractivity contribution < 1.29 is 9.59 Å². The molecule has 0 aromatic heterocycles. The second-order valence-corrected chi connectivity index (χ2v) is 6.63. The molecule has 3 aliphatic rings. The van der Waals surface area contributed by atoms with Gasteiger partial charge >= 0.3 is 0 Å². The molecule has 0 atom stereocenters. The first-order valence-electron chi connectivity index (χ1n) is 7.89. The van der Waals surface area contributed by atoms with E-state index < -0.39 is 0 Å². The van der Waals surface area contributed by atoms with Crippen molar-refractivity contribution in [2.24, 2.45) is 0 Å². The van der Waals surface area contributed by atoms with Crippen LogP contribution >= 0.6 is 0 Å². The zero-order chi connectivity index (χ0) is 14.3. The van der Waals surface area contributed by atoms with Crippen molar-refractivity contribution in [2.75, 3.05) is 26.2 Å². The van der Waals surface area contributed by atoms with Crippen LogP contribution in [0.4, 0.5) is 0 Å². The summed E-state index contributed by atoms with van der Waals surface area (Å²) in [6.07, 6.45) is 3.27. The number of imide groups is 1. The number of nitrogens with zero attached hydrogens (tertiary/aromatic N) is 3. The highest BCUT2D eigenvalue weighted by atomic mass is 16.2. The maximum Gasteiger partial charge on any atom is 0.230 e. The molecule has 5 nitrogen and oxygen atoms in total. The quantitative estimate of drug-likeness (QED) is 0.713. The molecule has 2 amide bonds. The van der Waals surface area contributed by atoms with Gasteiger partial charge in [0, 0.05) is 38.0 Å². The Bertz CT molecular complexity index is 380. The Labute approximate surface area is 120 Å². The summed E-state index contributed by atoms with van der Waals surface area (Å²) < 4.78 is 0. The summed E-state index contributed by atoms with van der Waals surface area (Å²) in [6, 6.07) is 1.44. The van der Waals surface area contributed by atoms with Crippen molar-refractivity contribution in [3.8, 4) is 0 Å². The van der Waals surface area contributed by atoms with Crippen molar-refractivity contribution in [3.63, 3.8) is 0 Å². The van der Waals surface area contributed by atoms with Crippen LogP contribution in [0.1, 0.15) is 39.5 Å². The highest BCUT2D eigenvalue weighted by Gasteiger charge is 2.43. The standard InChI is InChI=1S/C15H25N3O2/c1-11(2)16-7-5-12(6-8-16)17-9-13(10-17)18-14(19)3-4-15(18)20/h11-13H,3-10H2,1-2H3. The molecule has 0 unspecified atom stereocenters. The molecule has 5 heteroatoms. The molecule has 3 saturated heterocycles. The topological polar surface area (TPSA) is 43.9 Å². The first-order valence-corrected chi connectivity index (χ1v) is 7.89. The van der Waals surface area contributed by atoms with Crippen molar-refractivity contribution in [2.45, 2.75) is 57.7 Å². The molecule has 0 aromatic rings. The highest BCUT2D eigenvalue weighted by molar-refractivity contribution is 6.02. The van der Waals surface area contributed by atoms with Crippen molar-refractivity contribution in [1.82, 2.24) is 14.7 Å². The number of carbonyl (C=O) groups is 2. The summed E-state index contributed by atoms with van der Waals surface area (Å²) in [5.74, 6) is 0.0727. The maximum absolute atomic E-state index is 11.7. The maximum atomic E-state index is 11.7. The van der Waals surface area contributed by atoms with Gasteiger partial charge < -0.3 is 4.90 Å².